The quantitative estimate of drug-likeness (QED) is 0.588. The van der Waals surface area contributed by atoms with Crippen molar-refractivity contribution in [1.82, 2.24) is 5.16 Å². The van der Waals surface area contributed by atoms with Crippen LogP contribution < -0.4 is 19.5 Å². The number of anilines is 2. The molecule has 1 aromatic heterocycles. The van der Waals surface area contributed by atoms with Gasteiger partial charge in [0.05, 0.1) is 25.5 Å². The lowest BCUT2D eigenvalue weighted by atomic mass is 10.1. The van der Waals surface area contributed by atoms with Crippen LogP contribution in [0.2, 0.25) is 0 Å². The lowest BCUT2D eigenvalue weighted by Gasteiger charge is -2.14. The lowest BCUT2D eigenvalue weighted by Crippen LogP contribution is -2.14. The second-order valence-corrected chi connectivity index (χ2v) is 8.00. The van der Waals surface area contributed by atoms with Crippen molar-refractivity contribution >= 4 is 27.5 Å². The monoisotopic (exact) mass is 431 g/mol. The first-order chi connectivity index (χ1) is 14.2. The highest BCUT2D eigenvalue weighted by atomic mass is 32.2. The van der Waals surface area contributed by atoms with E-state index in [1.807, 2.05) is 0 Å². The Bertz CT molecular complexity index is 1170. The summed E-state index contributed by atoms with van der Waals surface area (Å²) in [5.41, 5.74) is 1.83. The van der Waals surface area contributed by atoms with E-state index in [-0.39, 0.29) is 22.4 Å². The van der Waals surface area contributed by atoms with Crippen molar-refractivity contribution in [3.63, 3.8) is 0 Å². The average molecular weight is 431 g/mol. The molecule has 0 aliphatic rings. The maximum atomic E-state index is 13.1. The molecular weight excluding hydrogens is 410 g/mol. The molecule has 2 aromatic carbocycles. The minimum absolute atomic E-state index is 0.0762. The topological polar surface area (TPSA) is 120 Å². The van der Waals surface area contributed by atoms with Gasteiger partial charge in [-0.3, -0.25) is 14.8 Å². The molecule has 3 rings (SSSR count). The van der Waals surface area contributed by atoms with Gasteiger partial charge in [0.1, 0.15) is 16.4 Å². The number of aromatic nitrogens is 1. The Morgan fingerprint density at radius 1 is 1.07 bits per heavy atom. The Balaban J connectivity index is 2.04. The van der Waals surface area contributed by atoms with Crippen LogP contribution in [0.25, 0.3) is 11.1 Å². The number of sulfonamides is 1. The molecule has 0 atom stereocenters. The molecule has 0 radical (unpaired) electrons. The van der Waals surface area contributed by atoms with E-state index in [1.54, 1.807) is 37.3 Å². The zero-order chi connectivity index (χ0) is 21.9. The fourth-order valence-corrected chi connectivity index (χ4v) is 4.12. The van der Waals surface area contributed by atoms with E-state index in [0.29, 0.717) is 28.3 Å². The summed E-state index contributed by atoms with van der Waals surface area (Å²) in [4.78, 5) is 11.4. The maximum absolute atomic E-state index is 13.1. The van der Waals surface area contributed by atoms with Crippen molar-refractivity contribution < 1.29 is 27.2 Å². The van der Waals surface area contributed by atoms with Crippen LogP contribution in [0.15, 0.2) is 51.9 Å². The van der Waals surface area contributed by atoms with Crippen LogP contribution in [-0.2, 0) is 14.8 Å². The Morgan fingerprint density at radius 3 is 2.37 bits per heavy atom. The van der Waals surface area contributed by atoms with Gasteiger partial charge in [-0.2, -0.15) is 0 Å². The van der Waals surface area contributed by atoms with E-state index >= 15 is 0 Å². The first kappa shape index (κ1) is 21.2. The number of carbonyl (C=O) groups excluding carboxylic acids is 1. The number of ether oxygens (including phenoxy) is 2. The Labute approximate surface area is 174 Å². The van der Waals surface area contributed by atoms with Crippen molar-refractivity contribution in [2.75, 3.05) is 24.3 Å². The summed E-state index contributed by atoms with van der Waals surface area (Å²) in [6.07, 6.45) is 0. The summed E-state index contributed by atoms with van der Waals surface area (Å²) in [7, 11) is -1.08. The highest BCUT2D eigenvalue weighted by molar-refractivity contribution is 7.92. The van der Waals surface area contributed by atoms with Crippen LogP contribution in [-0.4, -0.2) is 33.7 Å². The number of benzene rings is 2. The third-order valence-corrected chi connectivity index (χ3v) is 5.64. The SMILES string of the molecule is COc1ccc(NS(=O)(=O)c2cc(-c3c(C)noc3NC(C)=O)ccc2OC)cc1. The van der Waals surface area contributed by atoms with E-state index in [9.17, 15) is 13.2 Å². The zero-order valence-electron chi connectivity index (χ0n) is 16.8. The van der Waals surface area contributed by atoms with Crippen molar-refractivity contribution in [1.29, 1.82) is 0 Å². The van der Waals surface area contributed by atoms with Crippen molar-refractivity contribution in [2.24, 2.45) is 0 Å². The molecule has 0 unspecified atom stereocenters. The summed E-state index contributed by atoms with van der Waals surface area (Å²) < 4.78 is 44.2. The summed E-state index contributed by atoms with van der Waals surface area (Å²) in [6.45, 7) is 3.03. The molecule has 158 valence electrons. The van der Waals surface area contributed by atoms with Gasteiger partial charge in [0, 0.05) is 12.6 Å². The van der Waals surface area contributed by atoms with Crippen LogP contribution in [0.4, 0.5) is 11.6 Å². The van der Waals surface area contributed by atoms with Crippen molar-refractivity contribution in [2.45, 2.75) is 18.7 Å². The van der Waals surface area contributed by atoms with E-state index in [2.05, 4.69) is 15.2 Å². The van der Waals surface area contributed by atoms with Gasteiger partial charge in [-0.05, 0) is 48.9 Å². The summed E-state index contributed by atoms with van der Waals surface area (Å²) >= 11 is 0. The highest BCUT2D eigenvalue weighted by Crippen LogP contribution is 2.36. The van der Waals surface area contributed by atoms with Gasteiger partial charge < -0.3 is 14.0 Å². The maximum Gasteiger partial charge on any atom is 0.265 e. The normalized spacial score (nSPS) is 11.1. The van der Waals surface area contributed by atoms with Crippen LogP contribution in [0.5, 0.6) is 11.5 Å². The van der Waals surface area contributed by atoms with Crippen LogP contribution in [0.1, 0.15) is 12.6 Å². The third kappa shape index (κ3) is 4.38. The molecule has 9 nitrogen and oxygen atoms in total. The number of hydrogen-bond acceptors (Lipinski definition) is 7. The molecular formula is C20H21N3O6S. The predicted molar refractivity (Wildman–Crippen MR) is 111 cm³/mol. The van der Waals surface area contributed by atoms with Crippen molar-refractivity contribution in [3.8, 4) is 22.6 Å². The Kier molecular flexibility index (Phi) is 5.97. The average Bonchev–Trinajstić information content (AvgIpc) is 3.07. The third-order valence-electron chi connectivity index (χ3n) is 4.24. The number of hydrogen-bond donors (Lipinski definition) is 2. The predicted octanol–water partition coefficient (Wildman–Crippen LogP) is 3.43. The number of nitrogens with zero attached hydrogens (tertiary/aromatic N) is 1. The first-order valence-corrected chi connectivity index (χ1v) is 10.3. The Hall–Kier alpha value is -3.53. The molecule has 0 aliphatic carbocycles. The summed E-state index contributed by atoms with van der Waals surface area (Å²) in [5.74, 6) is 0.562. The zero-order valence-corrected chi connectivity index (χ0v) is 17.7. The number of carbonyl (C=O) groups is 1. The van der Waals surface area contributed by atoms with Gasteiger partial charge in [0.2, 0.25) is 11.8 Å². The molecule has 1 heterocycles. The minimum atomic E-state index is -3.99. The highest BCUT2D eigenvalue weighted by Gasteiger charge is 2.24. The van der Waals surface area contributed by atoms with Gasteiger partial charge >= 0.3 is 0 Å². The van der Waals surface area contributed by atoms with Gasteiger partial charge in [0.15, 0.2) is 0 Å². The molecule has 0 bridgehead atoms. The van der Waals surface area contributed by atoms with Gasteiger partial charge in [0.25, 0.3) is 10.0 Å². The second kappa shape index (κ2) is 8.46. The molecule has 0 saturated heterocycles. The van der Waals surface area contributed by atoms with E-state index in [1.165, 1.54) is 33.3 Å². The molecule has 0 saturated carbocycles. The van der Waals surface area contributed by atoms with Crippen LogP contribution in [0, 0.1) is 6.92 Å². The van der Waals surface area contributed by atoms with E-state index in [0.717, 1.165) is 0 Å². The first-order valence-electron chi connectivity index (χ1n) is 8.84. The number of nitrogens with one attached hydrogen (secondary N) is 2. The van der Waals surface area contributed by atoms with E-state index < -0.39 is 10.0 Å². The fraction of sp³-hybridized carbons (Fsp3) is 0.200. The van der Waals surface area contributed by atoms with Gasteiger partial charge in [-0.15, -0.1) is 0 Å². The second-order valence-electron chi connectivity index (χ2n) is 6.35. The molecule has 2 N–H and O–H groups in total. The largest absolute Gasteiger partial charge is 0.497 e. The molecule has 30 heavy (non-hydrogen) atoms. The number of rotatable bonds is 7. The fourth-order valence-electron chi connectivity index (χ4n) is 2.87. The van der Waals surface area contributed by atoms with Gasteiger partial charge in [-0.1, -0.05) is 11.2 Å². The Morgan fingerprint density at radius 2 is 1.77 bits per heavy atom. The summed E-state index contributed by atoms with van der Waals surface area (Å²) in [5, 5.41) is 6.42. The number of amides is 1. The minimum Gasteiger partial charge on any atom is -0.497 e. The van der Waals surface area contributed by atoms with Crippen molar-refractivity contribution in [3.05, 3.63) is 48.2 Å². The molecule has 0 fully saturated rings. The van der Waals surface area contributed by atoms with Gasteiger partial charge in [-0.25, -0.2) is 8.42 Å². The number of methoxy groups -OCH3 is 2. The van der Waals surface area contributed by atoms with Crippen LogP contribution in [0.3, 0.4) is 0 Å². The standard InChI is InChI=1S/C20H21N3O6S/c1-12-19(20(29-22-12)21-13(2)24)14-5-10-17(28-4)18(11-14)30(25,26)23-15-6-8-16(27-3)9-7-15/h5-11,23H,1-4H3,(H,21,24). The summed E-state index contributed by atoms with van der Waals surface area (Å²) in [6, 6.07) is 11.1. The number of aryl methyl sites for hydroxylation is 1. The molecule has 10 heteroatoms. The molecule has 0 aliphatic heterocycles. The molecule has 3 aromatic rings. The van der Waals surface area contributed by atoms with Crippen LogP contribution >= 0.6 is 0 Å². The smallest absolute Gasteiger partial charge is 0.265 e. The molecule has 1 amide bonds. The van der Waals surface area contributed by atoms with E-state index in [4.69, 9.17) is 14.0 Å². The lowest BCUT2D eigenvalue weighted by molar-refractivity contribution is -0.114. The molecule has 0 spiro atoms.